The van der Waals surface area contributed by atoms with Gasteiger partial charge in [0.1, 0.15) is 0 Å². The predicted molar refractivity (Wildman–Crippen MR) is 93.6 cm³/mol. The molecule has 2 aromatic carbocycles. The molecular weight excluding hydrogens is 290 g/mol. The van der Waals surface area contributed by atoms with E-state index in [4.69, 9.17) is 11.6 Å². The fraction of sp³-hybridized carbons (Fsp3) is 0.300. The summed E-state index contributed by atoms with van der Waals surface area (Å²) in [5.41, 5.74) is 5.49. The van der Waals surface area contributed by atoms with Crippen molar-refractivity contribution < 1.29 is 0 Å². The maximum atomic E-state index is 6.22. The molecule has 0 unspecified atom stereocenters. The molecule has 0 spiro atoms. The summed E-state index contributed by atoms with van der Waals surface area (Å²) < 4.78 is 0. The molecule has 0 radical (unpaired) electrons. The van der Waals surface area contributed by atoms with Crippen molar-refractivity contribution >= 4 is 17.3 Å². The van der Waals surface area contributed by atoms with Crippen molar-refractivity contribution in [2.45, 2.75) is 31.7 Å². The molecule has 0 amide bonds. The van der Waals surface area contributed by atoms with E-state index in [2.05, 4.69) is 60.8 Å². The number of hydrogen-bond acceptors (Lipinski definition) is 1. The van der Waals surface area contributed by atoms with Crippen LogP contribution in [0.1, 0.15) is 42.0 Å². The van der Waals surface area contributed by atoms with Crippen LogP contribution in [0.25, 0.3) is 0 Å². The number of allylic oxidation sites excluding steroid dienone is 2. The Morgan fingerprint density at radius 2 is 2.05 bits per heavy atom. The van der Waals surface area contributed by atoms with Crippen molar-refractivity contribution in [3.05, 3.63) is 76.3 Å². The highest BCUT2D eigenvalue weighted by molar-refractivity contribution is 6.30. The Bertz CT molecular complexity index is 734. The van der Waals surface area contributed by atoms with Crippen molar-refractivity contribution in [1.82, 2.24) is 0 Å². The molecule has 112 valence electrons. The minimum atomic E-state index is 0.332. The summed E-state index contributed by atoms with van der Waals surface area (Å²) in [5, 5.41) is 4.65. The lowest BCUT2D eigenvalue weighted by atomic mass is 9.76. The quantitative estimate of drug-likeness (QED) is 0.699. The number of nitrogens with one attached hydrogen (secondary N) is 1. The topological polar surface area (TPSA) is 12.0 Å². The second-order valence-electron chi connectivity index (χ2n) is 6.27. The minimum absolute atomic E-state index is 0.332. The number of benzene rings is 2. The van der Waals surface area contributed by atoms with Crippen LogP contribution in [0, 0.1) is 5.92 Å². The van der Waals surface area contributed by atoms with Crippen LogP contribution in [-0.4, -0.2) is 0 Å². The first-order chi connectivity index (χ1) is 10.8. The van der Waals surface area contributed by atoms with Gasteiger partial charge in [-0.15, -0.1) is 0 Å². The molecule has 2 aromatic rings. The fourth-order valence-electron chi connectivity index (χ4n) is 4.01. The molecule has 0 aromatic heterocycles. The second kappa shape index (κ2) is 5.48. The van der Waals surface area contributed by atoms with E-state index in [1.54, 1.807) is 0 Å². The third-order valence-electron chi connectivity index (χ3n) is 5.07. The van der Waals surface area contributed by atoms with Crippen LogP contribution < -0.4 is 5.32 Å². The monoisotopic (exact) mass is 309 g/mol. The van der Waals surface area contributed by atoms with Crippen LogP contribution in [0.3, 0.4) is 0 Å². The number of halogens is 1. The summed E-state index contributed by atoms with van der Waals surface area (Å²) in [7, 11) is 0. The molecule has 1 nitrogen and oxygen atoms in total. The molecule has 3 atom stereocenters. The van der Waals surface area contributed by atoms with Gasteiger partial charge in [-0.3, -0.25) is 0 Å². The smallest absolute Gasteiger partial charge is 0.0554 e. The first-order valence-electron chi connectivity index (χ1n) is 8.08. The Morgan fingerprint density at radius 1 is 1.18 bits per heavy atom. The van der Waals surface area contributed by atoms with Gasteiger partial charge in [-0.25, -0.2) is 0 Å². The molecule has 0 bridgehead atoms. The number of anilines is 1. The molecule has 1 aliphatic carbocycles. The predicted octanol–water partition coefficient (Wildman–Crippen LogP) is 5.73. The van der Waals surface area contributed by atoms with E-state index in [0.717, 1.165) is 17.9 Å². The third-order valence-corrected chi connectivity index (χ3v) is 5.31. The van der Waals surface area contributed by atoms with Crippen molar-refractivity contribution in [3.8, 4) is 0 Å². The Hall–Kier alpha value is -1.73. The van der Waals surface area contributed by atoms with E-state index in [0.29, 0.717) is 17.9 Å². The van der Waals surface area contributed by atoms with Crippen LogP contribution in [0.4, 0.5) is 5.69 Å². The molecule has 4 rings (SSSR count). The fourth-order valence-corrected chi connectivity index (χ4v) is 4.21. The standard InChI is InChI=1S/C20H20ClN/c1-2-13-6-4-10-17-16-9-5-11-18(16)20(22-19(13)17)14-7-3-8-15(21)12-14/h3-10,12,16,18,20,22H,2,11H2,1H3/t16-,18+,20-/m1/s1. The molecule has 2 heteroatoms. The Labute approximate surface area is 137 Å². The molecule has 0 fully saturated rings. The molecule has 0 saturated heterocycles. The number of fused-ring (bicyclic) bond motifs is 3. The highest BCUT2D eigenvalue weighted by atomic mass is 35.5. The van der Waals surface area contributed by atoms with Crippen LogP contribution >= 0.6 is 11.6 Å². The molecule has 0 saturated carbocycles. The summed E-state index contributed by atoms with van der Waals surface area (Å²) in [6, 6.07) is 15.3. The largest absolute Gasteiger partial charge is 0.377 e. The highest BCUT2D eigenvalue weighted by Gasteiger charge is 2.38. The van der Waals surface area contributed by atoms with Gasteiger partial charge in [0.25, 0.3) is 0 Å². The first-order valence-corrected chi connectivity index (χ1v) is 8.46. The Kier molecular flexibility index (Phi) is 3.46. The van der Waals surface area contributed by atoms with E-state index < -0.39 is 0 Å². The average Bonchev–Trinajstić information content (AvgIpc) is 3.03. The van der Waals surface area contributed by atoms with Gasteiger partial charge >= 0.3 is 0 Å². The van der Waals surface area contributed by atoms with Crippen LogP contribution in [0.5, 0.6) is 0 Å². The molecular formula is C20H20ClN. The lowest BCUT2D eigenvalue weighted by Crippen LogP contribution is -2.29. The van der Waals surface area contributed by atoms with Crippen molar-refractivity contribution in [2.75, 3.05) is 5.32 Å². The molecule has 2 aliphatic rings. The van der Waals surface area contributed by atoms with E-state index in [1.165, 1.54) is 22.4 Å². The van der Waals surface area contributed by atoms with Crippen LogP contribution in [0.15, 0.2) is 54.6 Å². The molecule has 22 heavy (non-hydrogen) atoms. The number of hydrogen-bond donors (Lipinski definition) is 1. The van der Waals surface area contributed by atoms with Gasteiger partial charge in [-0.2, -0.15) is 0 Å². The Morgan fingerprint density at radius 3 is 2.86 bits per heavy atom. The van der Waals surface area contributed by atoms with E-state index >= 15 is 0 Å². The van der Waals surface area contributed by atoms with Gasteiger partial charge in [0, 0.05) is 16.6 Å². The lowest BCUT2D eigenvalue weighted by molar-refractivity contribution is 0.425. The van der Waals surface area contributed by atoms with Gasteiger partial charge in [-0.1, -0.05) is 61.0 Å². The van der Waals surface area contributed by atoms with Gasteiger partial charge in [0.15, 0.2) is 0 Å². The normalized spacial score (nSPS) is 25.5. The van der Waals surface area contributed by atoms with Crippen LogP contribution in [0.2, 0.25) is 5.02 Å². The molecule has 1 N–H and O–H groups in total. The summed E-state index contributed by atoms with van der Waals surface area (Å²) in [6.45, 7) is 2.22. The zero-order valence-corrected chi connectivity index (χ0v) is 13.5. The van der Waals surface area contributed by atoms with E-state index in [-0.39, 0.29) is 0 Å². The van der Waals surface area contributed by atoms with Crippen LogP contribution in [-0.2, 0) is 6.42 Å². The van der Waals surface area contributed by atoms with E-state index in [9.17, 15) is 0 Å². The summed E-state index contributed by atoms with van der Waals surface area (Å²) in [6.07, 6.45) is 6.91. The van der Waals surface area contributed by atoms with Gasteiger partial charge in [-0.05, 0) is 47.6 Å². The van der Waals surface area contributed by atoms with Gasteiger partial charge in [0.05, 0.1) is 6.04 Å². The minimum Gasteiger partial charge on any atom is -0.377 e. The zero-order valence-electron chi connectivity index (χ0n) is 12.7. The van der Waals surface area contributed by atoms with Gasteiger partial charge in [0.2, 0.25) is 0 Å². The third kappa shape index (κ3) is 2.16. The van der Waals surface area contributed by atoms with Crippen molar-refractivity contribution in [3.63, 3.8) is 0 Å². The zero-order chi connectivity index (χ0) is 15.1. The maximum Gasteiger partial charge on any atom is 0.0554 e. The van der Waals surface area contributed by atoms with Crippen molar-refractivity contribution in [1.29, 1.82) is 0 Å². The van der Waals surface area contributed by atoms with Gasteiger partial charge < -0.3 is 5.32 Å². The molecule has 1 heterocycles. The van der Waals surface area contributed by atoms with E-state index in [1.807, 2.05) is 6.07 Å². The highest BCUT2D eigenvalue weighted by Crippen LogP contribution is 2.50. The number of aryl methyl sites for hydroxylation is 1. The number of para-hydroxylation sites is 1. The molecule has 1 aliphatic heterocycles. The average molecular weight is 310 g/mol. The lowest BCUT2D eigenvalue weighted by Gasteiger charge is -2.38. The number of rotatable bonds is 2. The summed E-state index contributed by atoms with van der Waals surface area (Å²) >= 11 is 6.22. The Balaban J connectivity index is 1.83. The first kappa shape index (κ1) is 13.9. The maximum absolute atomic E-state index is 6.22. The SMILES string of the molecule is CCc1cccc2c1N[C@H](c1cccc(Cl)c1)[C@H]1CC=C[C@H]21. The summed E-state index contributed by atoms with van der Waals surface area (Å²) in [5.74, 6) is 1.10. The summed E-state index contributed by atoms with van der Waals surface area (Å²) in [4.78, 5) is 0. The van der Waals surface area contributed by atoms with Crippen molar-refractivity contribution in [2.24, 2.45) is 5.92 Å². The second-order valence-corrected chi connectivity index (χ2v) is 6.70.